The van der Waals surface area contributed by atoms with Crippen molar-refractivity contribution in [3.05, 3.63) is 41.6 Å². The SMILES string of the molecule is CCc1cc(-c2[nH]ncc2N(C)C(=O)c2cc(OC)c(OC)c(OC)c2)c(O)cc1O. The highest BCUT2D eigenvalue weighted by Gasteiger charge is 2.24. The van der Waals surface area contributed by atoms with Gasteiger partial charge in [-0.05, 0) is 30.2 Å². The molecule has 0 atom stereocenters. The van der Waals surface area contributed by atoms with E-state index in [1.165, 1.54) is 38.5 Å². The first-order valence-corrected chi connectivity index (χ1v) is 9.52. The lowest BCUT2D eigenvalue weighted by Gasteiger charge is -2.20. The largest absolute Gasteiger partial charge is 0.508 e. The van der Waals surface area contributed by atoms with E-state index in [9.17, 15) is 15.0 Å². The number of anilines is 1. The van der Waals surface area contributed by atoms with Crippen molar-refractivity contribution in [3.63, 3.8) is 0 Å². The minimum atomic E-state index is -0.351. The van der Waals surface area contributed by atoms with E-state index >= 15 is 0 Å². The molecule has 1 heterocycles. The van der Waals surface area contributed by atoms with Gasteiger partial charge in [0.25, 0.3) is 5.91 Å². The Hall–Kier alpha value is -3.88. The van der Waals surface area contributed by atoms with Crippen LogP contribution in [0.15, 0.2) is 30.5 Å². The fourth-order valence-electron chi connectivity index (χ4n) is 3.35. The Morgan fingerprint density at radius 3 is 2.23 bits per heavy atom. The highest BCUT2D eigenvalue weighted by Crippen LogP contribution is 2.40. The summed E-state index contributed by atoms with van der Waals surface area (Å²) in [5.74, 6) is 0.621. The van der Waals surface area contributed by atoms with Gasteiger partial charge in [0.15, 0.2) is 11.5 Å². The van der Waals surface area contributed by atoms with E-state index in [1.54, 1.807) is 25.2 Å². The summed E-state index contributed by atoms with van der Waals surface area (Å²) in [7, 11) is 6.03. The van der Waals surface area contributed by atoms with Crippen LogP contribution >= 0.6 is 0 Å². The van der Waals surface area contributed by atoms with E-state index in [-0.39, 0.29) is 17.4 Å². The number of H-pyrrole nitrogens is 1. The van der Waals surface area contributed by atoms with Crippen LogP contribution in [0.2, 0.25) is 0 Å². The minimum absolute atomic E-state index is 0.00618. The van der Waals surface area contributed by atoms with E-state index in [0.29, 0.717) is 51.7 Å². The molecule has 2 aromatic carbocycles. The maximum Gasteiger partial charge on any atom is 0.258 e. The van der Waals surface area contributed by atoms with Crippen molar-refractivity contribution in [2.24, 2.45) is 0 Å². The summed E-state index contributed by atoms with van der Waals surface area (Å²) >= 11 is 0. The van der Waals surface area contributed by atoms with Crippen molar-refractivity contribution < 1.29 is 29.2 Å². The Balaban J connectivity index is 2.04. The number of aromatic nitrogens is 2. The van der Waals surface area contributed by atoms with Crippen molar-refractivity contribution >= 4 is 11.6 Å². The summed E-state index contributed by atoms with van der Waals surface area (Å²) in [4.78, 5) is 14.7. The predicted octanol–water partition coefficient (Wildman–Crippen LogP) is 3.35. The topological polar surface area (TPSA) is 117 Å². The Bertz CT molecular complexity index is 1080. The molecule has 0 radical (unpaired) electrons. The normalized spacial score (nSPS) is 10.6. The van der Waals surface area contributed by atoms with Crippen LogP contribution in [0.3, 0.4) is 0 Å². The van der Waals surface area contributed by atoms with E-state index in [4.69, 9.17) is 14.2 Å². The standard InChI is InChI=1S/C22H25N3O6/c1-6-12-7-14(17(27)10-16(12)26)20-15(11-23-24-20)25(2)22(28)13-8-18(29-3)21(31-5)19(9-13)30-4/h7-11,26-27H,6H2,1-5H3,(H,23,24). The average molecular weight is 427 g/mol. The van der Waals surface area contributed by atoms with Gasteiger partial charge in [0, 0.05) is 24.2 Å². The maximum atomic E-state index is 13.3. The number of hydrogen-bond donors (Lipinski definition) is 3. The lowest BCUT2D eigenvalue weighted by molar-refractivity contribution is 0.0992. The molecule has 0 saturated carbocycles. The van der Waals surface area contributed by atoms with Crippen LogP contribution in [-0.2, 0) is 6.42 Å². The van der Waals surface area contributed by atoms with Crippen LogP contribution in [0, 0.1) is 0 Å². The summed E-state index contributed by atoms with van der Waals surface area (Å²) < 4.78 is 16.0. The molecule has 9 nitrogen and oxygen atoms in total. The smallest absolute Gasteiger partial charge is 0.258 e. The van der Waals surface area contributed by atoms with Gasteiger partial charge in [-0.15, -0.1) is 0 Å². The second-order valence-corrected chi connectivity index (χ2v) is 6.76. The number of ether oxygens (including phenoxy) is 3. The number of phenols is 2. The first-order chi connectivity index (χ1) is 14.9. The molecular formula is C22H25N3O6. The van der Waals surface area contributed by atoms with Gasteiger partial charge >= 0.3 is 0 Å². The first kappa shape index (κ1) is 21.8. The fraction of sp³-hybridized carbons (Fsp3) is 0.273. The van der Waals surface area contributed by atoms with Crippen LogP contribution in [0.25, 0.3) is 11.3 Å². The van der Waals surface area contributed by atoms with Crippen LogP contribution in [0.1, 0.15) is 22.8 Å². The number of methoxy groups -OCH3 is 3. The Morgan fingerprint density at radius 1 is 1.03 bits per heavy atom. The second kappa shape index (κ2) is 8.86. The van der Waals surface area contributed by atoms with Gasteiger partial charge in [0.1, 0.15) is 11.5 Å². The van der Waals surface area contributed by atoms with Gasteiger partial charge in [-0.1, -0.05) is 6.92 Å². The number of rotatable bonds is 7. The van der Waals surface area contributed by atoms with Crippen molar-refractivity contribution in [3.8, 4) is 40.0 Å². The minimum Gasteiger partial charge on any atom is -0.508 e. The molecule has 0 aliphatic heterocycles. The van der Waals surface area contributed by atoms with E-state index < -0.39 is 0 Å². The zero-order chi connectivity index (χ0) is 22.7. The van der Waals surface area contributed by atoms with E-state index in [0.717, 1.165) is 0 Å². The fourth-order valence-corrected chi connectivity index (χ4v) is 3.35. The predicted molar refractivity (Wildman–Crippen MR) is 116 cm³/mol. The van der Waals surface area contributed by atoms with Gasteiger partial charge in [-0.2, -0.15) is 5.10 Å². The van der Waals surface area contributed by atoms with Crippen molar-refractivity contribution in [1.82, 2.24) is 10.2 Å². The quantitative estimate of drug-likeness (QED) is 0.529. The summed E-state index contributed by atoms with van der Waals surface area (Å²) in [5.41, 5.74) is 2.28. The molecule has 0 bridgehead atoms. The number of aromatic hydroxyl groups is 2. The monoisotopic (exact) mass is 427 g/mol. The zero-order valence-electron chi connectivity index (χ0n) is 18.0. The molecule has 0 aliphatic rings. The maximum absolute atomic E-state index is 13.3. The summed E-state index contributed by atoms with van der Waals surface area (Å²) in [6.45, 7) is 1.89. The molecule has 1 amide bonds. The number of hydrogen-bond acceptors (Lipinski definition) is 7. The average Bonchev–Trinajstić information content (AvgIpc) is 3.26. The first-order valence-electron chi connectivity index (χ1n) is 9.52. The third-order valence-electron chi connectivity index (χ3n) is 5.04. The molecule has 3 rings (SSSR count). The van der Waals surface area contributed by atoms with Crippen LogP contribution in [0.4, 0.5) is 5.69 Å². The van der Waals surface area contributed by atoms with Gasteiger partial charge in [0.2, 0.25) is 5.75 Å². The third-order valence-corrected chi connectivity index (χ3v) is 5.04. The van der Waals surface area contributed by atoms with Crippen LogP contribution in [-0.4, -0.2) is 54.7 Å². The second-order valence-electron chi connectivity index (χ2n) is 6.76. The molecule has 3 aromatic rings. The van der Waals surface area contributed by atoms with Gasteiger partial charge in [-0.25, -0.2) is 0 Å². The molecule has 31 heavy (non-hydrogen) atoms. The lowest BCUT2D eigenvalue weighted by Crippen LogP contribution is -2.26. The summed E-state index contributed by atoms with van der Waals surface area (Å²) in [6.07, 6.45) is 2.06. The van der Waals surface area contributed by atoms with Gasteiger partial charge in [-0.3, -0.25) is 9.89 Å². The number of nitrogens with zero attached hydrogens (tertiary/aromatic N) is 2. The van der Waals surface area contributed by atoms with Crippen molar-refractivity contribution in [2.45, 2.75) is 13.3 Å². The van der Waals surface area contributed by atoms with Crippen molar-refractivity contribution in [2.75, 3.05) is 33.3 Å². The number of amides is 1. The van der Waals surface area contributed by atoms with Crippen molar-refractivity contribution in [1.29, 1.82) is 0 Å². The number of carbonyl (C=O) groups excluding carboxylic acids is 1. The molecule has 0 aliphatic carbocycles. The molecular weight excluding hydrogens is 402 g/mol. The number of phenolic OH excluding ortho intramolecular Hbond substituents is 2. The number of aryl methyl sites for hydroxylation is 1. The highest BCUT2D eigenvalue weighted by atomic mass is 16.5. The zero-order valence-corrected chi connectivity index (χ0v) is 18.0. The number of aromatic amines is 1. The summed E-state index contributed by atoms with van der Waals surface area (Å²) in [5, 5.41) is 27.2. The molecule has 0 saturated heterocycles. The Labute approximate surface area is 179 Å². The lowest BCUT2D eigenvalue weighted by atomic mass is 10.0. The Morgan fingerprint density at radius 2 is 1.68 bits per heavy atom. The number of benzene rings is 2. The molecule has 1 aromatic heterocycles. The highest BCUT2D eigenvalue weighted by molar-refractivity contribution is 6.08. The molecule has 3 N–H and O–H groups in total. The number of nitrogens with one attached hydrogen (secondary N) is 1. The van der Waals surface area contributed by atoms with Crippen LogP contribution in [0.5, 0.6) is 28.7 Å². The number of carbonyl (C=O) groups is 1. The molecule has 0 unspecified atom stereocenters. The van der Waals surface area contributed by atoms with Gasteiger partial charge < -0.3 is 29.3 Å². The molecule has 164 valence electrons. The Kier molecular flexibility index (Phi) is 6.24. The molecule has 9 heteroatoms. The third kappa shape index (κ3) is 3.94. The van der Waals surface area contributed by atoms with Crippen LogP contribution < -0.4 is 19.1 Å². The van der Waals surface area contributed by atoms with E-state index in [2.05, 4.69) is 10.2 Å². The summed E-state index contributed by atoms with van der Waals surface area (Å²) in [6, 6.07) is 6.07. The molecule has 0 fully saturated rings. The molecule has 0 spiro atoms. The van der Waals surface area contributed by atoms with Gasteiger partial charge in [0.05, 0.1) is 38.9 Å². The van der Waals surface area contributed by atoms with E-state index in [1.807, 2.05) is 6.92 Å².